The molecule has 4 atom stereocenters. The summed E-state index contributed by atoms with van der Waals surface area (Å²) in [6.45, 7) is 29.8. The molecule has 0 bridgehead atoms. The maximum absolute atomic E-state index is 2.99. The molecule has 14 rings (SSSR count). The van der Waals surface area contributed by atoms with Crippen LogP contribution in [0.15, 0.2) is 170 Å². The third-order valence-electron chi connectivity index (χ3n) is 20.6. The van der Waals surface area contributed by atoms with Crippen LogP contribution < -0.4 is 36.3 Å². The van der Waals surface area contributed by atoms with E-state index >= 15 is 0 Å². The van der Waals surface area contributed by atoms with Crippen LogP contribution in [-0.4, -0.2) is 20.3 Å². The normalized spacial score (nSPS) is 23.6. The number of hydrogen-bond acceptors (Lipinski definition) is 3. The molecule has 4 heterocycles. The molecule has 77 heavy (non-hydrogen) atoms. The molecule has 4 unspecified atom stereocenters. The summed E-state index contributed by atoms with van der Waals surface area (Å²) in [4.78, 5) is 8.57. The largest absolute Gasteiger partial charge is 0.335 e. The van der Waals surface area contributed by atoms with Gasteiger partial charge in [-0.05, 0) is 148 Å². The molecule has 5 heteroatoms. The molecule has 8 aromatic rings. The first-order valence-electron chi connectivity index (χ1n) is 29.1. The van der Waals surface area contributed by atoms with Crippen LogP contribution in [-0.2, 0) is 33.6 Å². The summed E-state index contributed by atoms with van der Waals surface area (Å²) in [6.07, 6.45) is 6.81. The van der Waals surface area contributed by atoms with E-state index in [2.05, 4.69) is 267 Å². The van der Waals surface area contributed by atoms with E-state index in [1.54, 1.807) is 10.8 Å². The molecule has 0 aromatic heterocycles. The minimum absolute atomic E-state index is 0.0108. The molecular weight excluding hydrogens is 946 g/mol. The maximum Gasteiger partial charge on any atom is 0.252 e. The molecule has 6 aliphatic rings. The van der Waals surface area contributed by atoms with Gasteiger partial charge in [0.2, 0.25) is 0 Å². The summed E-state index contributed by atoms with van der Waals surface area (Å²) < 4.78 is 0. The quantitative estimate of drug-likeness (QED) is 0.159. The SMILES string of the molecule is CC(C)(C)c1ccc2c(c1)B1c3cc([Si](C)(C)C)cc4c3N(c3cc(N5c6ccccc6C6(C)CCc7ccccc7C56C)cc(c31)N2c1ccc(C(C)(C)C)cc1-c1ccccc1)C1(C)CCCCC41c1ccccc1. The minimum Gasteiger partial charge on any atom is -0.335 e. The van der Waals surface area contributed by atoms with Crippen molar-refractivity contribution in [2.24, 2.45) is 0 Å². The van der Waals surface area contributed by atoms with Gasteiger partial charge in [0, 0.05) is 50.5 Å². The lowest BCUT2D eigenvalue weighted by atomic mass is 9.33. The van der Waals surface area contributed by atoms with Gasteiger partial charge in [-0.2, -0.15) is 0 Å². The van der Waals surface area contributed by atoms with Crippen LogP contribution in [0.3, 0.4) is 0 Å². The van der Waals surface area contributed by atoms with Gasteiger partial charge < -0.3 is 14.7 Å². The number of aryl methyl sites for hydroxylation is 1. The Balaban J connectivity index is 1.17. The molecule has 8 aromatic carbocycles. The highest BCUT2D eigenvalue weighted by Gasteiger charge is 2.65. The monoisotopic (exact) mass is 1020 g/mol. The summed E-state index contributed by atoms with van der Waals surface area (Å²) in [6, 6.07) is 67.8. The van der Waals surface area contributed by atoms with E-state index in [1.165, 1.54) is 114 Å². The average Bonchev–Trinajstić information content (AvgIpc) is 4.07. The fourth-order valence-electron chi connectivity index (χ4n) is 16.4. The van der Waals surface area contributed by atoms with Crippen molar-refractivity contribution in [1.29, 1.82) is 0 Å². The van der Waals surface area contributed by atoms with Gasteiger partial charge in [-0.15, -0.1) is 0 Å². The van der Waals surface area contributed by atoms with Crippen molar-refractivity contribution in [3.8, 4) is 11.1 Å². The van der Waals surface area contributed by atoms with Crippen LogP contribution in [0.2, 0.25) is 19.6 Å². The van der Waals surface area contributed by atoms with Crippen LogP contribution in [0, 0.1) is 0 Å². The number of rotatable bonds is 5. The van der Waals surface area contributed by atoms with Crippen molar-refractivity contribution in [3.63, 3.8) is 0 Å². The second-order valence-electron chi connectivity index (χ2n) is 27.8. The Morgan fingerprint density at radius 2 is 1.13 bits per heavy atom. The molecule has 2 aliphatic carbocycles. The van der Waals surface area contributed by atoms with Crippen molar-refractivity contribution >= 4 is 76.2 Å². The van der Waals surface area contributed by atoms with Gasteiger partial charge in [-0.25, -0.2) is 0 Å². The smallest absolute Gasteiger partial charge is 0.252 e. The topological polar surface area (TPSA) is 9.72 Å². The summed E-state index contributed by atoms with van der Waals surface area (Å²) in [5.74, 6) is 0. The number of nitrogens with zero attached hydrogens (tertiary/aromatic N) is 3. The van der Waals surface area contributed by atoms with E-state index in [4.69, 9.17) is 0 Å². The first-order valence-corrected chi connectivity index (χ1v) is 32.6. The summed E-state index contributed by atoms with van der Waals surface area (Å²) in [7, 11) is -1.89. The van der Waals surface area contributed by atoms with Crippen molar-refractivity contribution in [2.45, 2.75) is 153 Å². The summed E-state index contributed by atoms with van der Waals surface area (Å²) >= 11 is 0. The highest BCUT2D eigenvalue weighted by molar-refractivity contribution is 7.01. The molecule has 0 amide bonds. The highest BCUT2D eigenvalue weighted by atomic mass is 28.3. The number of anilines is 7. The van der Waals surface area contributed by atoms with Crippen molar-refractivity contribution in [3.05, 3.63) is 209 Å². The molecule has 0 radical (unpaired) electrons. The van der Waals surface area contributed by atoms with Crippen LogP contribution >= 0.6 is 0 Å². The Bertz CT molecular complexity index is 3750. The molecule has 1 fully saturated rings. The van der Waals surface area contributed by atoms with Gasteiger partial charge in [0.1, 0.15) is 0 Å². The van der Waals surface area contributed by atoms with E-state index in [-0.39, 0.29) is 39.5 Å². The Hall–Kier alpha value is -6.56. The molecule has 0 saturated heterocycles. The Kier molecular flexibility index (Phi) is 10.3. The fourth-order valence-corrected chi connectivity index (χ4v) is 17.5. The predicted molar refractivity (Wildman–Crippen MR) is 332 cm³/mol. The number of para-hydroxylation sites is 1. The lowest BCUT2D eigenvalue weighted by molar-refractivity contribution is 0.215. The summed E-state index contributed by atoms with van der Waals surface area (Å²) in [5.41, 5.74) is 25.1. The molecular formula is C72H76BN3Si. The Morgan fingerprint density at radius 3 is 1.84 bits per heavy atom. The first-order chi connectivity index (χ1) is 36.7. The Morgan fingerprint density at radius 1 is 0.506 bits per heavy atom. The van der Waals surface area contributed by atoms with Crippen LogP contribution in [0.5, 0.6) is 0 Å². The van der Waals surface area contributed by atoms with Gasteiger partial charge >= 0.3 is 0 Å². The zero-order valence-electron chi connectivity index (χ0n) is 47.8. The number of benzene rings is 8. The van der Waals surface area contributed by atoms with Gasteiger partial charge in [0.15, 0.2) is 0 Å². The molecule has 386 valence electrons. The fraction of sp³-hybridized carbons (Fsp3) is 0.333. The standard InChI is InChI=1S/C72H76BN3Si/c1-67(2,3)50-33-35-60(54(41-50)47-25-15-13-16-26-47)74-62-36-34-51(68(4,5)6)42-58(62)73-59-46-53(77(10,11)12)45-57-66(59)76(70(8)38-23-24-39-72(57,70)49-28-17-14-18-29-49)64-44-52(43-63(74)65(64)73)75-61-32-22-21-31-56(61)69(7)40-37-48-27-19-20-30-55(48)71(69,75)9/h13-22,25-36,41-46H,23-24,37-40H2,1-12H3. The van der Waals surface area contributed by atoms with E-state index in [9.17, 15) is 0 Å². The Labute approximate surface area is 461 Å². The van der Waals surface area contributed by atoms with Crippen molar-refractivity contribution < 1.29 is 0 Å². The third kappa shape index (κ3) is 6.50. The number of hydrogen-bond donors (Lipinski definition) is 0. The van der Waals surface area contributed by atoms with Crippen molar-refractivity contribution in [1.82, 2.24) is 0 Å². The van der Waals surface area contributed by atoms with Gasteiger partial charge in [0.25, 0.3) is 6.71 Å². The number of fused-ring (bicyclic) bond motifs is 12. The predicted octanol–water partition coefficient (Wildman–Crippen LogP) is 16.1. The third-order valence-corrected chi connectivity index (χ3v) is 22.6. The van der Waals surface area contributed by atoms with Gasteiger partial charge in [0.05, 0.1) is 24.8 Å². The van der Waals surface area contributed by atoms with Gasteiger partial charge in [-0.3, -0.25) is 0 Å². The zero-order valence-corrected chi connectivity index (χ0v) is 48.8. The van der Waals surface area contributed by atoms with E-state index < -0.39 is 8.07 Å². The lowest BCUT2D eigenvalue weighted by Gasteiger charge is -2.55. The van der Waals surface area contributed by atoms with Crippen LogP contribution in [0.4, 0.5) is 39.8 Å². The second-order valence-corrected chi connectivity index (χ2v) is 32.8. The zero-order chi connectivity index (χ0) is 53.4. The van der Waals surface area contributed by atoms with Gasteiger partial charge in [-0.1, -0.05) is 220 Å². The second kappa shape index (κ2) is 16.3. The molecule has 0 spiro atoms. The minimum atomic E-state index is -1.89. The lowest BCUT2D eigenvalue weighted by Crippen LogP contribution is -2.65. The van der Waals surface area contributed by atoms with E-state index in [0.717, 1.165) is 25.7 Å². The van der Waals surface area contributed by atoms with Crippen LogP contribution in [0.1, 0.15) is 133 Å². The molecule has 1 saturated carbocycles. The molecule has 4 aliphatic heterocycles. The molecule has 3 nitrogen and oxygen atoms in total. The highest BCUT2D eigenvalue weighted by Crippen LogP contribution is 2.67. The average molecular weight is 1020 g/mol. The summed E-state index contributed by atoms with van der Waals surface area (Å²) in [5, 5.41) is 1.56. The first kappa shape index (κ1) is 48.8. The van der Waals surface area contributed by atoms with Crippen molar-refractivity contribution in [2.75, 3.05) is 14.7 Å². The maximum atomic E-state index is 2.99. The van der Waals surface area contributed by atoms with Crippen LogP contribution in [0.25, 0.3) is 11.1 Å². The van der Waals surface area contributed by atoms with E-state index in [0.29, 0.717) is 0 Å². The molecule has 0 N–H and O–H groups in total. The van der Waals surface area contributed by atoms with E-state index in [1.807, 2.05) is 0 Å².